The highest BCUT2D eigenvalue weighted by atomic mass is 32.2. The molecule has 0 fully saturated rings. The standard InChI is InChI=1S/C17H20N2OS/c1-18-17(20)15-7-3-13(4-8-15)11-19-12-14-5-9-16(21-2)10-6-14/h3-10,19H,11-12H2,1-2H3,(H,18,20). The monoisotopic (exact) mass is 300 g/mol. The molecule has 0 aliphatic rings. The molecule has 2 rings (SSSR count). The van der Waals surface area contributed by atoms with E-state index in [0.717, 1.165) is 13.1 Å². The normalized spacial score (nSPS) is 10.4. The molecule has 0 aliphatic heterocycles. The fourth-order valence-corrected chi connectivity index (χ4v) is 2.42. The van der Waals surface area contributed by atoms with Crippen molar-refractivity contribution >= 4 is 17.7 Å². The third-order valence-corrected chi connectivity index (χ3v) is 4.00. The number of benzene rings is 2. The number of amides is 1. The molecule has 3 nitrogen and oxygen atoms in total. The van der Waals surface area contributed by atoms with E-state index in [2.05, 4.69) is 41.2 Å². The molecule has 2 aromatic rings. The Morgan fingerprint density at radius 1 is 0.952 bits per heavy atom. The summed E-state index contributed by atoms with van der Waals surface area (Å²) in [6.07, 6.45) is 2.08. The summed E-state index contributed by atoms with van der Waals surface area (Å²) in [5.41, 5.74) is 3.13. The second kappa shape index (κ2) is 7.86. The predicted molar refractivity (Wildman–Crippen MR) is 88.6 cm³/mol. The minimum absolute atomic E-state index is 0.0524. The maximum Gasteiger partial charge on any atom is 0.251 e. The van der Waals surface area contributed by atoms with Crippen molar-refractivity contribution < 1.29 is 4.79 Å². The average Bonchev–Trinajstić information content (AvgIpc) is 2.55. The van der Waals surface area contributed by atoms with Crippen molar-refractivity contribution in [3.63, 3.8) is 0 Å². The molecule has 0 radical (unpaired) electrons. The molecule has 0 unspecified atom stereocenters. The molecule has 0 saturated heterocycles. The molecule has 0 aromatic heterocycles. The zero-order valence-corrected chi connectivity index (χ0v) is 13.2. The number of hydrogen-bond acceptors (Lipinski definition) is 3. The van der Waals surface area contributed by atoms with Crippen molar-refractivity contribution in [1.29, 1.82) is 0 Å². The summed E-state index contributed by atoms with van der Waals surface area (Å²) in [4.78, 5) is 12.7. The van der Waals surface area contributed by atoms with Gasteiger partial charge in [0.05, 0.1) is 0 Å². The lowest BCUT2D eigenvalue weighted by Crippen LogP contribution is -2.18. The maximum absolute atomic E-state index is 11.4. The highest BCUT2D eigenvalue weighted by Gasteiger charge is 2.02. The Morgan fingerprint density at radius 2 is 1.48 bits per heavy atom. The van der Waals surface area contributed by atoms with Crippen LogP contribution >= 0.6 is 11.8 Å². The lowest BCUT2D eigenvalue weighted by Gasteiger charge is -2.07. The first-order valence-electron chi connectivity index (χ1n) is 6.87. The Morgan fingerprint density at radius 3 is 1.95 bits per heavy atom. The third-order valence-electron chi connectivity index (χ3n) is 3.26. The third kappa shape index (κ3) is 4.62. The van der Waals surface area contributed by atoms with Crippen LogP contribution in [0.25, 0.3) is 0 Å². The summed E-state index contributed by atoms with van der Waals surface area (Å²) in [5.74, 6) is -0.0524. The van der Waals surface area contributed by atoms with Crippen molar-refractivity contribution in [3.05, 3.63) is 65.2 Å². The van der Waals surface area contributed by atoms with Crippen LogP contribution in [0, 0.1) is 0 Å². The Labute approximate surface area is 130 Å². The topological polar surface area (TPSA) is 41.1 Å². The molecule has 1 amide bonds. The van der Waals surface area contributed by atoms with E-state index in [4.69, 9.17) is 0 Å². The molecule has 2 aromatic carbocycles. The van der Waals surface area contributed by atoms with Gasteiger partial charge in [-0.25, -0.2) is 0 Å². The van der Waals surface area contributed by atoms with Crippen LogP contribution in [0.4, 0.5) is 0 Å². The van der Waals surface area contributed by atoms with Gasteiger partial charge < -0.3 is 10.6 Å². The molecular formula is C17H20N2OS. The van der Waals surface area contributed by atoms with Crippen LogP contribution in [-0.4, -0.2) is 19.2 Å². The van der Waals surface area contributed by atoms with Crippen LogP contribution in [0.1, 0.15) is 21.5 Å². The van der Waals surface area contributed by atoms with Gasteiger partial charge >= 0.3 is 0 Å². The van der Waals surface area contributed by atoms with Gasteiger partial charge in [0.1, 0.15) is 0 Å². The minimum atomic E-state index is -0.0524. The SMILES string of the molecule is CNC(=O)c1ccc(CNCc2ccc(SC)cc2)cc1. The van der Waals surface area contributed by atoms with Crippen molar-refractivity contribution in [2.45, 2.75) is 18.0 Å². The van der Waals surface area contributed by atoms with Crippen molar-refractivity contribution in [1.82, 2.24) is 10.6 Å². The second-order valence-electron chi connectivity index (χ2n) is 4.73. The lowest BCUT2D eigenvalue weighted by atomic mass is 10.1. The fraction of sp³-hybridized carbons (Fsp3) is 0.235. The van der Waals surface area contributed by atoms with E-state index in [0.29, 0.717) is 5.56 Å². The van der Waals surface area contributed by atoms with Gasteiger partial charge in [-0.15, -0.1) is 11.8 Å². The van der Waals surface area contributed by atoms with Crippen molar-refractivity contribution in [3.8, 4) is 0 Å². The number of rotatable bonds is 6. The Kier molecular flexibility index (Phi) is 5.84. The van der Waals surface area contributed by atoms with E-state index in [1.807, 2.05) is 24.3 Å². The lowest BCUT2D eigenvalue weighted by molar-refractivity contribution is 0.0963. The van der Waals surface area contributed by atoms with Gasteiger partial charge in [0.25, 0.3) is 5.91 Å². The molecule has 0 bridgehead atoms. The molecule has 110 valence electrons. The van der Waals surface area contributed by atoms with E-state index in [1.165, 1.54) is 16.0 Å². The first kappa shape index (κ1) is 15.6. The van der Waals surface area contributed by atoms with Crippen molar-refractivity contribution in [2.24, 2.45) is 0 Å². The zero-order chi connectivity index (χ0) is 15.1. The highest BCUT2D eigenvalue weighted by molar-refractivity contribution is 7.98. The smallest absolute Gasteiger partial charge is 0.251 e. The van der Waals surface area contributed by atoms with E-state index in [9.17, 15) is 4.79 Å². The van der Waals surface area contributed by atoms with E-state index in [1.54, 1.807) is 18.8 Å². The summed E-state index contributed by atoms with van der Waals surface area (Å²) in [6.45, 7) is 1.63. The Hall–Kier alpha value is -1.78. The Balaban J connectivity index is 1.83. The molecule has 2 N–H and O–H groups in total. The molecule has 21 heavy (non-hydrogen) atoms. The van der Waals surface area contributed by atoms with Gasteiger partial charge in [-0.1, -0.05) is 24.3 Å². The quantitative estimate of drug-likeness (QED) is 0.806. The average molecular weight is 300 g/mol. The van der Waals surface area contributed by atoms with Crippen LogP contribution in [0.2, 0.25) is 0 Å². The van der Waals surface area contributed by atoms with Gasteiger partial charge in [-0.2, -0.15) is 0 Å². The van der Waals surface area contributed by atoms with E-state index < -0.39 is 0 Å². The molecule has 0 heterocycles. The number of thioether (sulfide) groups is 1. The van der Waals surface area contributed by atoms with Gasteiger partial charge in [-0.05, 0) is 41.6 Å². The molecule has 4 heteroatoms. The van der Waals surface area contributed by atoms with Crippen LogP contribution in [0.15, 0.2) is 53.4 Å². The molecular weight excluding hydrogens is 280 g/mol. The number of carbonyl (C=O) groups is 1. The predicted octanol–water partition coefficient (Wildman–Crippen LogP) is 3.06. The van der Waals surface area contributed by atoms with Crippen LogP contribution in [0.5, 0.6) is 0 Å². The minimum Gasteiger partial charge on any atom is -0.355 e. The first-order valence-corrected chi connectivity index (χ1v) is 8.10. The van der Waals surface area contributed by atoms with Gasteiger partial charge in [0, 0.05) is 30.6 Å². The molecule has 0 atom stereocenters. The second-order valence-corrected chi connectivity index (χ2v) is 5.61. The molecule has 0 aliphatic carbocycles. The van der Waals surface area contributed by atoms with Crippen LogP contribution < -0.4 is 10.6 Å². The summed E-state index contributed by atoms with van der Waals surface area (Å²) in [6, 6.07) is 16.2. The molecule has 0 spiro atoms. The maximum atomic E-state index is 11.4. The van der Waals surface area contributed by atoms with Gasteiger partial charge in [0.2, 0.25) is 0 Å². The first-order chi connectivity index (χ1) is 10.2. The summed E-state index contributed by atoms with van der Waals surface area (Å²) in [5, 5.41) is 6.03. The summed E-state index contributed by atoms with van der Waals surface area (Å²) in [7, 11) is 1.64. The number of nitrogens with one attached hydrogen (secondary N) is 2. The van der Waals surface area contributed by atoms with Crippen molar-refractivity contribution in [2.75, 3.05) is 13.3 Å². The zero-order valence-electron chi connectivity index (χ0n) is 12.3. The van der Waals surface area contributed by atoms with Gasteiger partial charge in [-0.3, -0.25) is 4.79 Å². The Bertz CT molecular complexity index is 579. The van der Waals surface area contributed by atoms with E-state index in [-0.39, 0.29) is 5.91 Å². The summed E-state index contributed by atoms with van der Waals surface area (Å²) >= 11 is 1.75. The largest absolute Gasteiger partial charge is 0.355 e. The van der Waals surface area contributed by atoms with Crippen LogP contribution in [0.3, 0.4) is 0 Å². The number of hydrogen-bond donors (Lipinski definition) is 2. The van der Waals surface area contributed by atoms with Crippen LogP contribution in [-0.2, 0) is 13.1 Å². The van der Waals surface area contributed by atoms with E-state index >= 15 is 0 Å². The fourth-order valence-electron chi connectivity index (χ4n) is 2.01. The number of carbonyl (C=O) groups excluding carboxylic acids is 1. The molecule has 0 saturated carbocycles. The highest BCUT2D eigenvalue weighted by Crippen LogP contribution is 2.14. The van der Waals surface area contributed by atoms with Gasteiger partial charge in [0.15, 0.2) is 0 Å². The summed E-state index contributed by atoms with van der Waals surface area (Å²) < 4.78 is 0.